The maximum absolute atomic E-state index is 11.6. The van der Waals surface area contributed by atoms with E-state index in [1.54, 1.807) is 0 Å². The summed E-state index contributed by atoms with van der Waals surface area (Å²) < 4.78 is 0. The first kappa shape index (κ1) is 11.0. The molecule has 0 heterocycles. The van der Waals surface area contributed by atoms with Gasteiger partial charge in [-0.05, 0) is 30.9 Å². The molecule has 2 N–H and O–H groups in total. The molecule has 0 saturated heterocycles. The zero-order valence-electron chi connectivity index (χ0n) is 9.62. The first-order valence-electron chi connectivity index (χ1n) is 5.95. The standard InChI is InChI=1S/C13H18N2O/c1-2-5-10-6-3-4-7-12(10)15-13(16)14-11-8-9-11/h3-4,6-7,11H,2,5,8-9H2,1H3,(H2,14,15,16). The lowest BCUT2D eigenvalue weighted by Crippen LogP contribution is -2.30. The van der Waals surface area contributed by atoms with E-state index < -0.39 is 0 Å². The Morgan fingerprint density at radius 2 is 2.12 bits per heavy atom. The fourth-order valence-electron chi connectivity index (χ4n) is 1.70. The van der Waals surface area contributed by atoms with Gasteiger partial charge in [-0.15, -0.1) is 0 Å². The highest BCUT2D eigenvalue weighted by Gasteiger charge is 2.23. The number of hydrogen-bond acceptors (Lipinski definition) is 1. The topological polar surface area (TPSA) is 41.1 Å². The third-order valence-electron chi connectivity index (χ3n) is 2.70. The average Bonchev–Trinajstić information content (AvgIpc) is 3.05. The zero-order valence-corrected chi connectivity index (χ0v) is 9.62. The Kier molecular flexibility index (Phi) is 3.44. The molecular formula is C13H18N2O. The molecule has 2 amide bonds. The van der Waals surface area contributed by atoms with Crippen molar-refractivity contribution in [2.24, 2.45) is 0 Å². The number of urea groups is 1. The first-order chi connectivity index (χ1) is 7.79. The summed E-state index contributed by atoms with van der Waals surface area (Å²) in [5, 5.41) is 5.84. The van der Waals surface area contributed by atoms with Gasteiger partial charge in [-0.2, -0.15) is 0 Å². The fraction of sp³-hybridized carbons (Fsp3) is 0.462. The maximum atomic E-state index is 11.6. The van der Waals surface area contributed by atoms with Crippen molar-refractivity contribution in [3.8, 4) is 0 Å². The number of carbonyl (C=O) groups is 1. The summed E-state index contributed by atoms with van der Waals surface area (Å²) >= 11 is 0. The van der Waals surface area contributed by atoms with Crippen LogP contribution in [-0.2, 0) is 6.42 Å². The molecule has 16 heavy (non-hydrogen) atoms. The highest BCUT2D eigenvalue weighted by molar-refractivity contribution is 5.90. The maximum Gasteiger partial charge on any atom is 0.319 e. The number of para-hydroxylation sites is 1. The normalized spacial score (nSPS) is 14.6. The third-order valence-corrected chi connectivity index (χ3v) is 2.70. The van der Waals surface area contributed by atoms with Crippen molar-refractivity contribution in [3.05, 3.63) is 29.8 Å². The molecular weight excluding hydrogens is 200 g/mol. The van der Waals surface area contributed by atoms with E-state index in [1.807, 2.05) is 18.2 Å². The van der Waals surface area contributed by atoms with Gasteiger partial charge in [0.05, 0.1) is 0 Å². The summed E-state index contributed by atoms with van der Waals surface area (Å²) in [5.41, 5.74) is 2.14. The Balaban J connectivity index is 1.98. The molecule has 86 valence electrons. The molecule has 1 aliphatic rings. The highest BCUT2D eigenvalue weighted by atomic mass is 16.2. The molecule has 3 heteroatoms. The van der Waals surface area contributed by atoms with Crippen LogP contribution in [0.5, 0.6) is 0 Å². The number of carbonyl (C=O) groups excluding carboxylic acids is 1. The van der Waals surface area contributed by atoms with Crippen LogP contribution in [0.3, 0.4) is 0 Å². The predicted octanol–water partition coefficient (Wildman–Crippen LogP) is 2.92. The minimum absolute atomic E-state index is 0.0777. The lowest BCUT2D eigenvalue weighted by atomic mass is 10.1. The molecule has 0 radical (unpaired) electrons. The molecule has 1 aromatic carbocycles. The van der Waals surface area contributed by atoms with Crippen molar-refractivity contribution < 1.29 is 4.79 Å². The zero-order chi connectivity index (χ0) is 11.4. The molecule has 0 atom stereocenters. The van der Waals surface area contributed by atoms with E-state index in [0.29, 0.717) is 6.04 Å². The van der Waals surface area contributed by atoms with Crippen LogP contribution in [0.2, 0.25) is 0 Å². The molecule has 0 bridgehead atoms. The van der Waals surface area contributed by atoms with E-state index >= 15 is 0 Å². The SMILES string of the molecule is CCCc1ccccc1NC(=O)NC1CC1. The summed E-state index contributed by atoms with van der Waals surface area (Å²) in [6.45, 7) is 2.14. The summed E-state index contributed by atoms with van der Waals surface area (Å²) in [6.07, 6.45) is 4.32. The molecule has 1 saturated carbocycles. The monoisotopic (exact) mass is 218 g/mol. The van der Waals surface area contributed by atoms with Crippen LogP contribution in [-0.4, -0.2) is 12.1 Å². The van der Waals surface area contributed by atoms with Gasteiger partial charge in [0.25, 0.3) is 0 Å². The van der Waals surface area contributed by atoms with Crippen LogP contribution in [0, 0.1) is 0 Å². The van der Waals surface area contributed by atoms with Crippen molar-refractivity contribution >= 4 is 11.7 Å². The number of rotatable bonds is 4. The molecule has 2 rings (SSSR count). The van der Waals surface area contributed by atoms with Crippen molar-refractivity contribution in [3.63, 3.8) is 0 Å². The van der Waals surface area contributed by atoms with Gasteiger partial charge < -0.3 is 10.6 Å². The largest absolute Gasteiger partial charge is 0.335 e. The molecule has 0 aliphatic heterocycles. The van der Waals surface area contributed by atoms with Crippen LogP contribution >= 0.6 is 0 Å². The molecule has 1 fully saturated rings. The van der Waals surface area contributed by atoms with Crippen LogP contribution < -0.4 is 10.6 Å². The van der Waals surface area contributed by atoms with E-state index in [2.05, 4.69) is 23.6 Å². The van der Waals surface area contributed by atoms with E-state index in [1.165, 1.54) is 5.56 Å². The average molecular weight is 218 g/mol. The Labute approximate surface area is 96.2 Å². The Morgan fingerprint density at radius 3 is 2.81 bits per heavy atom. The van der Waals surface area contributed by atoms with Gasteiger partial charge in [-0.1, -0.05) is 31.5 Å². The minimum Gasteiger partial charge on any atom is -0.335 e. The van der Waals surface area contributed by atoms with Crippen LogP contribution in [0.25, 0.3) is 0 Å². The van der Waals surface area contributed by atoms with Crippen molar-refractivity contribution in [1.29, 1.82) is 0 Å². The van der Waals surface area contributed by atoms with Gasteiger partial charge in [0, 0.05) is 11.7 Å². The van der Waals surface area contributed by atoms with E-state index in [9.17, 15) is 4.79 Å². The second-order valence-electron chi connectivity index (χ2n) is 4.28. The third kappa shape index (κ3) is 2.99. The molecule has 3 nitrogen and oxygen atoms in total. The number of aryl methyl sites for hydroxylation is 1. The number of anilines is 1. The van der Waals surface area contributed by atoms with Crippen LogP contribution in [0.4, 0.5) is 10.5 Å². The van der Waals surface area contributed by atoms with Gasteiger partial charge >= 0.3 is 6.03 Å². The second kappa shape index (κ2) is 5.01. The van der Waals surface area contributed by atoms with Gasteiger partial charge in [0.15, 0.2) is 0 Å². The summed E-state index contributed by atoms with van der Waals surface area (Å²) in [7, 11) is 0. The van der Waals surface area contributed by atoms with Crippen molar-refractivity contribution in [1.82, 2.24) is 5.32 Å². The smallest absolute Gasteiger partial charge is 0.319 e. The predicted molar refractivity (Wildman–Crippen MR) is 65.6 cm³/mol. The molecule has 0 spiro atoms. The molecule has 1 aromatic rings. The summed E-state index contributed by atoms with van der Waals surface area (Å²) in [5.74, 6) is 0. The lowest BCUT2D eigenvalue weighted by molar-refractivity contribution is 0.251. The Bertz CT molecular complexity index is 372. The highest BCUT2D eigenvalue weighted by Crippen LogP contribution is 2.20. The molecule has 1 aliphatic carbocycles. The fourth-order valence-corrected chi connectivity index (χ4v) is 1.70. The number of amides is 2. The van der Waals surface area contributed by atoms with Crippen LogP contribution in [0.15, 0.2) is 24.3 Å². The van der Waals surface area contributed by atoms with Gasteiger partial charge in [-0.3, -0.25) is 0 Å². The van der Waals surface area contributed by atoms with E-state index in [-0.39, 0.29) is 6.03 Å². The van der Waals surface area contributed by atoms with E-state index in [0.717, 1.165) is 31.4 Å². The second-order valence-corrected chi connectivity index (χ2v) is 4.28. The van der Waals surface area contributed by atoms with Gasteiger partial charge in [0.1, 0.15) is 0 Å². The minimum atomic E-state index is -0.0777. The van der Waals surface area contributed by atoms with Gasteiger partial charge in [-0.25, -0.2) is 4.79 Å². The Hall–Kier alpha value is -1.51. The Morgan fingerprint density at radius 1 is 1.38 bits per heavy atom. The molecule has 0 unspecified atom stereocenters. The lowest BCUT2D eigenvalue weighted by Gasteiger charge is -2.10. The van der Waals surface area contributed by atoms with Gasteiger partial charge in [0.2, 0.25) is 0 Å². The van der Waals surface area contributed by atoms with Crippen LogP contribution in [0.1, 0.15) is 31.7 Å². The number of nitrogens with one attached hydrogen (secondary N) is 2. The van der Waals surface area contributed by atoms with E-state index in [4.69, 9.17) is 0 Å². The first-order valence-corrected chi connectivity index (χ1v) is 5.95. The number of benzene rings is 1. The summed E-state index contributed by atoms with van der Waals surface area (Å²) in [6, 6.07) is 8.30. The van der Waals surface area contributed by atoms with Crippen molar-refractivity contribution in [2.45, 2.75) is 38.6 Å². The summed E-state index contributed by atoms with van der Waals surface area (Å²) in [4.78, 5) is 11.6. The quantitative estimate of drug-likeness (QED) is 0.801. The number of hydrogen-bond donors (Lipinski definition) is 2. The van der Waals surface area contributed by atoms with Crippen molar-refractivity contribution in [2.75, 3.05) is 5.32 Å². The molecule has 0 aromatic heterocycles.